The largest absolute Gasteiger partial charge is 0.507 e. The van der Waals surface area contributed by atoms with Gasteiger partial charge >= 0.3 is 0 Å². The number of aliphatic hydroxyl groups is 1. The molecule has 2 rings (SSSR count). The third-order valence-electron chi connectivity index (χ3n) is 4.01. The molecule has 0 aliphatic heterocycles. The summed E-state index contributed by atoms with van der Waals surface area (Å²) in [4.78, 5) is 12.7. The van der Waals surface area contributed by atoms with Crippen molar-refractivity contribution in [2.24, 2.45) is 0 Å². The Hall–Kier alpha value is -2.45. The fourth-order valence-electron chi connectivity index (χ4n) is 2.64. The zero-order valence-electron chi connectivity index (χ0n) is 14.4. The molecule has 0 saturated carbocycles. The Balaban J connectivity index is 2.77. The van der Waals surface area contributed by atoms with Crippen molar-refractivity contribution in [3.63, 3.8) is 0 Å². The summed E-state index contributed by atoms with van der Waals surface area (Å²) in [6.07, 6.45) is -1.19. The quantitative estimate of drug-likeness (QED) is 0.344. The van der Waals surface area contributed by atoms with Gasteiger partial charge in [0.1, 0.15) is 23.4 Å². The van der Waals surface area contributed by atoms with E-state index in [2.05, 4.69) is 4.74 Å². The van der Waals surface area contributed by atoms with Gasteiger partial charge in [-0.15, -0.1) is 0 Å². The normalized spacial score (nSPS) is 19.4. The highest BCUT2D eigenvalue weighted by Crippen LogP contribution is 2.40. The molecule has 0 saturated heterocycles. The summed E-state index contributed by atoms with van der Waals surface area (Å²) in [6, 6.07) is 3.42. The molecular formula is C15H16O11S2. The van der Waals surface area contributed by atoms with Gasteiger partial charge in [0, 0.05) is 11.6 Å². The second kappa shape index (κ2) is 7.18. The number of phenolic OH excluding ortho intramolecular Hbond substituents is 1. The molecule has 0 spiro atoms. The lowest BCUT2D eigenvalue weighted by atomic mass is 9.93. The number of hydrogen-bond donors (Lipinski definition) is 4. The van der Waals surface area contributed by atoms with Crippen LogP contribution in [0.4, 0.5) is 0 Å². The Morgan fingerprint density at radius 3 is 2.07 bits per heavy atom. The summed E-state index contributed by atoms with van der Waals surface area (Å²) < 4.78 is 72.4. The van der Waals surface area contributed by atoms with Crippen LogP contribution in [-0.4, -0.2) is 66.3 Å². The van der Waals surface area contributed by atoms with Gasteiger partial charge in [0.05, 0.1) is 19.8 Å². The topological polar surface area (TPSA) is 185 Å². The number of benzene rings is 1. The Kier molecular flexibility index (Phi) is 5.60. The van der Waals surface area contributed by atoms with Gasteiger partial charge in [0.15, 0.2) is 5.78 Å². The molecular weight excluding hydrogens is 420 g/mol. The summed E-state index contributed by atoms with van der Waals surface area (Å²) in [5.41, 5.74) is -1.28. The number of Topliss-reactive ketones (excluding diaryl/α,β-unsaturated/α-hetero) is 1. The number of methoxy groups -OCH3 is 2. The van der Waals surface area contributed by atoms with Crippen molar-refractivity contribution in [1.29, 1.82) is 0 Å². The Morgan fingerprint density at radius 2 is 1.64 bits per heavy atom. The van der Waals surface area contributed by atoms with Gasteiger partial charge in [0.2, 0.25) is 0 Å². The highest BCUT2D eigenvalue weighted by molar-refractivity contribution is 8.05. The molecule has 0 bridgehead atoms. The lowest BCUT2D eigenvalue weighted by Crippen LogP contribution is -2.49. The van der Waals surface area contributed by atoms with Gasteiger partial charge < -0.3 is 19.7 Å². The predicted octanol–water partition coefficient (Wildman–Crippen LogP) is -0.113. The monoisotopic (exact) mass is 436 g/mol. The minimum Gasteiger partial charge on any atom is -0.507 e. The van der Waals surface area contributed by atoms with Crippen LogP contribution in [0.2, 0.25) is 0 Å². The fraction of sp³-hybridized carbons (Fsp3) is 0.267. The first-order valence-electron chi connectivity index (χ1n) is 7.33. The van der Waals surface area contributed by atoms with Crippen LogP contribution >= 0.6 is 0 Å². The van der Waals surface area contributed by atoms with E-state index in [1.54, 1.807) is 0 Å². The molecule has 1 atom stereocenters. The van der Waals surface area contributed by atoms with Crippen molar-refractivity contribution >= 4 is 26.0 Å². The highest BCUT2D eigenvalue weighted by Gasteiger charge is 2.60. The van der Waals surface area contributed by atoms with Crippen LogP contribution in [0.25, 0.3) is 0 Å². The Morgan fingerprint density at radius 1 is 1.07 bits per heavy atom. The molecule has 1 aromatic carbocycles. The number of ether oxygens (including phenoxy) is 2. The summed E-state index contributed by atoms with van der Waals surface area (Å²) in [7, 11) is -9.17. The number of aromatic hydroxyl groups is 1. The average Bonchev–Trinajstić information content (AvgIpc) is 2.58. The van der Waals surface area contributed by atoms with Crippen LogP contribution in [0.5, 0.6) is 11.5 Å². The molecule has 1 aromatic rings. The first-order valence-corrected chi connectivity index (χ1v) is 10.2. The second-order valence-electron chi connectivity index (χ2n) is 5.61. The van der Waals surface area contributed by atoms with Crippen LogP contribution in [-0.2, 0) is 25.0 Å². The van der Waals surface area contributed by atoms with E-state index in [0.29, 0.717) is 6.08 Å². The van der Waals surface area contributed by atoms with Gasteiger partial charge in [0.25, 0.3) is 24.3 Å². The van der Waals surface area contributed by atoms with Gasteiger partial charge in [-0.2, -0.15) is 16.8 Å². The van der Waals surface area contributed by atoms with Crippen LogP contribution in [0.15, 0.2) is 41.7 Å². The van der Waals surface area contributed by atoms with E-state index in [1.807, 2.05) is 0 Å². The number of phenols is 1. The molecule has 28 heavy (non-hydrogen) atoms. The molecule has 11 nitrogen and oxygen atoms in total. The van der Waals surface area contributed by atoms with Gasteiger partial charge in [-0.05, 0) is 24.3 Å². The van der Waals surface area contributed by atoms with Crippen LogP contribution in [0.1, 0.15) is 10.4 Å². The first-order chi connectivity index (χ1) is 12.8. The average molecular weight is 436 g/mol. The Labute approximate surface area is 160 Å². The predicted molar refractivity (Wildman–Crippen MR) is 94.0 cm³/mol. The maximum atomic E-state index is 12.7. The summed E-state index contributed by atoms with van der Waals surface area (Å²) >= 11 is 0. The third-order valence-corrected chi connectivity index (χ3v) is 7.45. The van der Waals surface area contributed by atoms with Crippen molar-refractivity contribution in [3.8, 4) is 11.5 Å². The Bertz CT molecular complexity index is 1050. The maximum absolute atomic E-state index is 12.7. The standard InChI is InChI=1S/C15H16O11S2/c1-25-8-3-4-9(11(16)5-8)14(18)10-7-15(27(19,20)21,28(22,23)24)13(26-2)6-12(10)17/h3-7,12,16-17H,1-2H3,(H,19,20,21)(H,22,23,24). The minimum absolute atomic E-state index is 0.160. The van der Waals surface area contributed by atoms with Gasteiger partial charge in [-0.3, -0.25) is 13.9 Å². The molecule has 0 amide bonds. The number of carbonyl (C=O) groups excluding carboxylic acids is 1. The molecule has 1 aliphatic carbocycles. The number of rotatable bonds is 6. The van der Waals surface area contributed by atoms with E-state index < -0.39 is 58.8 Å². The van der Waals surface area contributed by atoms with Crippen molar-refractivity contribution < 1.29 is 50.4 Å². The first kappa shape index (κ1) is 21.8. The molecule has 4 N–H and O–H groups in total. The molecule has 0 aromatic heterocycles. The zero-order chi connectivity index (χ0) is 21.5. The molecule has 13 heteroatoms. The van der Waals surface area contributed by atoms with Crippen LogP contribution in [0.3, 0.4) is 0 Å². The maximum Gasteiger partial charge on any atom is 0.299 e. The molecule has 1 unspecified atom stereocenters. The van der Waals surface area contributed by atoms with Crippen molar-refractivity contribution in [2.45, 2.75) is 10.2 Å². The van der Waals surface area contributed by atoms with E-state index in [9.17, 15) is 40.9 Å². The van der Waals surface area contributed by atoms with Gasteiger partial charge in [-0.25, -0.2) is 0 Å². The second-order valence-corrected chi connectivity index (χ2v) is 9.06. The molecule has 154 valence electrons. The summed E-state index contributed by atoms with van der Waals surface area (Å²) in [6.45, 7) is 0. The van der Waals surface area contributed by atoms with E-state index in [-0.39, 0.29) is 11.8 Å². The smallest absolute Gasteiger partial charge is 0.299 e. The number of hydrogen-bond acceptors (Lipinski definition) is 9. The molecule has 0 heterocycles. The van der Waals surface area contributed by atoms with Crippen molar-refractivity contribution in [3.05, 3.63) is 47.2 Å². The van der Waals surface area contributed by atoms with Crippen molar-refractivity contribution in [2.75, 3.05) is 14.2 Å². The molecule has 0 fully saturated rings. The molecule has 1 aliphatic rings. The highest BCUT2D eigenvalue weighted by atomic mass is 32.3. The molecule has 0 radical (unpaired) electrons. The minimum atomic E-state index is -5.65. The van der Waals surface area contributed by atoms with E-state index in [0.717, 1.165) is 19.2 Å². The van der Waals surface area contributed by atoms with E-state index in [4.69, 9.17) is 4.74 Å². The zero-order valence-corrected chi connectivity index (χ0v) is 16.1. The summed E-state index contributed by atoms with van der Waals surface area (Å²) in [5, 5.41) is 20.1. The number of carbonyl (C=O) groups is 1. The van der Waals surface area contributed by atoms with E-state index in [1.165, 1.54) is 13.2 Å². The van der Waals surface area contributed by atoms with Gasteiger partial charge in [-0.1, -0.05) is 0 Å². The van der Waals surface area contributed by atoms with Crippen LogP contribution < -0.4 is 4.74 Å². The number of ketones is 1. The van der Waals surface area contributed by atoms with Crippen molar-refractivity contribution in [1.82, 2.24) is 0 Å². The summed E-state index contributed by atoms with van der Waals surface area (Å²) in [5.74, 6) is -2.64. The number of aliphatic hydroxyl groups excluding tert-OH is 1. The fourth-order valence-corrected chi connectivity index (χ4v) is 5.07. The SMILES string of the molecule is COC1=CC(O)C(C(=O)c2ccc(OC)cc2O)=CC1(S(=O)(=O)O)S(=O)(=O)O. The third kappa shape index (κ3) is 3.38. The lowest BCUT2D eigenvalue weighted by molar-refractivity contribution is 0.0995. The van der Waals surface area contributed by atoms with E-state index >= 15 is 0 Å². The lowest BCUT2D eigenvalue weighted by Gasteiger charge is -2.31. The van der Waals surface area contributed by atoms with Crippen LogP contribution in [0, 0.1) is 0 Å².